The normalized spacial score (nSPS) is 10.9. The fourth-order valence-corrected chi connectivity index (χ4v) is 3.17. The van der Waals surface area contributed by atoms with E-state index in [4.69, 9.17) is 4.42 Å². The first-order valence-corrected chi connectivity index (χ1v) is 9.66. The van der Waals surface area contributed by atoms with Gasteiger partial charge in [-0.1, -0.05) is 47.7 Å². The van der Waals surface area contributed by atoms with Crippen molar-refractivity contribution in [2.45, 2.75) is 6.54 Å². The van der Waals surface area contributed by atoms with Gasteiger partial charge in [0.25, 0.3) is 0 Å². The van der Waals surface area contributed by atoms with Crippen LogP contribution in [0.1, 0.15) is 5.69 Å². The second kappa shape index (κ2) is 8.19. The van der Waals surface area contributed by atoms with Crippen molar-refractivity contribution in [2.75, 3.05) is 5.32 Å². The molecule has 152 valence electrons. The zero-order chi connectivity index (χ0) is 21.0. The second-order valence-corrected chi connectivity index (χ2v) is 6.78. The lowest BCUT2D eigenvalue weighted by atomic mass is 10.1. The van der Waals surface area contributed by atoms with Crippen LogP contribution >= 0.6 is 0 Å². The smallest absolute Gasteiger partial charge is 0.250 e. The summed E-state index contributed by atoms with van der Waals surface area (Å²) < 4.78 is 21.3. The lowest BCUT2D eigenvalue weighted by Gasteiger charge is -2.08. The van der Waals surface area contributed by atoms with E-state index in [1.54, 1.807) is 24.4 Å². The molecular formula is C23H17FN6O. The highest BCUT2D eigenvalue weighted by Gasteiger charge is 2.14. The highest BCUT2D eigenvalue weighted by molar-refractivity contribution is 5.72. The summed E-state index contributed by atoms with van der Waals surface area (Å²) in [5.74, 6) is 0.512. The zero-order valence-corrected chi connectivity index (χ0v) is 16.3. The second-order valence-electron chi connectivity index (χ2n) is 6.78. The molecular weight excluding hydrogens is 395 g/mol. The third-order valence-corrected chi connectivity index (χ3v) is 4.70. The van der Waals surface area contributed by atoms with Crippen molar-refractivity contribution in [3.8, 4) is 28.6 Å². The lowest BCUT2D eigenvalue weighted by molar-refractivity contribution is 0.585. The molecule has 0 fully saturated rings. The highest BCUT2D eigenvalue weighted by Crippen LogP contribution is 2.29. The van der Waals surface area contributed by atoms with Crippen molar-refractivity contribution < 1.29 is 8.81 Å². The van der Waals surface area contributed by atoms with Crippen LogP contribution in [0, 0.1) is 5.82 Å². The van der Waals surface area contributed by atoms with Crippen molar-refractivity contribution in [3.63, 3.8) is 0 Å². The van der Waals surface area contributed by atoms with Crippen LogP contribution in [-0.4, -0.2) is 25.2 Å². The Morgan fingerprint density at radius 3 is 2.42 bits per heavy atom. The number of hydrogen-bond acceptors (Lipinski definition) is 6. The Morgan fingerprint density at radius 2 is 1.55 bits per heavy atom. The molecule has 5 rings (SSSR count). The van der Waals surface area contributed by atoms with Crippen molar-refractivity contribution >= 4 is 5.69 Å². The number of para-hydroxylation sites is 2. The van der Waals surface area contributed by atoms with Crippen LogP contribution in [0.3, 0.4) is 0 Å². The molecule has 0 aliphatic carbocycles. The number of benzene rings is 3. The fraction of sp³-hybridized carbons (Fsp3) is 0.0435. The largest absolute Gasteiger partial charge is 0.416 e. The Morgan fingerprint density at radius 1 is 0.806 bits per heavy atom. The molecule has 0 aliphatic rings. The Kier molecular flexibility index (Phi) is 4.94. The number of nitrogens with one attached hydrogen (secondary N) is 1. The van der Waals surface area contributed by atoms with Crippen LogP contribution in [0.2, 0.25) is 0 Å². The zero-order valence-electron chi connectivity index (χ0n) is 16.3. The molecule has 5 aromatic rings. The summed E-state index contributed by atoms with van der Waals surface area (Å²) >= 11 is 0. The van der Waals surface area contributed by atoms with Gasteiger partial charge < -0.3 is 9.73 Å². The van der Waals surface area contributed by atoms with Crippen LogP contribution in [0.25, 0.3) is 28.6 Å². The van der Waals surface area contributed by atoms with Gasteiger partial charge in [-0.15, -0.1) is 15.3 Å². The summed E-state index contributed by atoms with van der Waals surface area (Å²) in [6.07, 6.45) is 1.69. The molecule has 0 atom stereocenters. The molecule has 0 saturated carbocycles. The van der Waals surface area contributed by atoms with E-state index in [2.05, 4.69) is 25.8 Å². The molecule has 31 heavy (non-hydrogen) atoms. The number of anilines is 1. The fourth-order valence-electron chi connectivity index (χ4n) is 3.17. The maximum Gasteiger partial charge on any atom is 0.250 e. The quantitative estimate of drug-likeness (QED) is 0.434. The Hall–Kier alpha value is -4.33. The number of halogens is 1. The average Bonchev–Trinajstić information content (AvgIpc) is 3.49. The third kappa shape index (κ3) is 3.91. The van der Waals surface area contributed by atoms with Gasteiger partial charge in [-0.2, -0.15) is 0 Å². The molecule has 0 bridgehead atoms. The van der Waals surface area contributed by atoms with Gasteiger partial charge in [0.05, 0.1) is 18.3 Å². The van der Waals surface area contributed by atoms with Crippen LogP contribution in [0.15, 0.2) is 89.5 Å². The Balaban J connectivity index is 1.35. The van der Waals surface area contributed by atoms with Crippen molar-refractivity contribution in [2.24, 2.45) is 0 Å². The van der Waals surface area contributed by atoms with Gasteiger partial charge in [-0.3, -0.25) is 0 Å². The van der Waals surface area contributed by atoms with Gasteiger partial charge >= 0.3 is 0 Å². The maximum absolute atomic E-state index is 14.0. The molecule has 3 aromatic carbocycles. The number of aromatic nitrogens is 5. The standard InChI is InChI=1S/C23H17FN6O/c24-19-11-5-7-13-21(19)30-15-17(26-29-30)14-25-20-12-6-4-10-18(20)23-28-27-22(31-23)16-8-2-1-3-9-16/h1-13,15,25H,14H2. The number of nitrogens with zero attached hydrogens (tertiary/aromatic N) is 5. The first kappa shape index (κ1) is 18.7. The highest BCUT2D eigenvalue weighted by atomic mass is 19.1. The van der Waals surface area contributed by atoms with Crippen molar-refractivity contribution in [1.29, 1.82) is 0 Å². The monoisotopic (exact) mass is 412 g/mol. The van der Waals surface area contributed by atoms with Crippen molar-refractivity contribution in [1.82, 2.24) is 25.2 Å². The van der Waals surface area contributed by atoms with Crippen LogP contribution in [0.4, 0.5) is 10.1 Å². The molecule has 0 unspecified atom stereocenters. The summed E-state index contributed by atoms with van der Waals surface area (Å²) in [6.45, 7) is 0.394. The van der Waals surface area contributed by atoms with Gasteiger partial charge in [0, 0.05) is 11.3 Å². The predicted octanol–water partition coefficient (Wildman–Crippen LogP) is 4.74. The van der Waals surface area contributed by atoms with Crippen LogP contribution in [0.5, 0.6) is 0 Å². The summed E-state index contributed by atoms with van der Waals surface area (Å²) in [5, 5.41) is 19.8. The maximum atomic E-state index is 14.0. The minimum absolute atomic E-state index is 0.348. The summed E-state index contributed by atoms with van der Waals surface area (Å²) in [5.41, 5.74) is 3.45. The first-order chi connectivity index (χ1) is 15.3. The molecule has 0 spiro atoms. The van der Waals surface area contributed by atoms with Gasteiger partial charge in [0.15, 0.2) is 0 Å². The van der Waals surface area contributed by atoms with E-state index in [0.29, 0.717) is 29.7 Å². The average molecular weight is 412 g/mol. The van der Waals surface area contributed by atoms with Gasteiger partial charge in [0.1, 0.15) is 17.2 Å². The van der Waals surface area contributed by atoms with E-state index in [1.807, 2.05) is 54.6 Å². The Bertz CT molecular complexity index is 1310. The number of rotatable bonds is 6. The minimum Gasteiger partial charge on any atom is -0.416 e. The van der Waals surface area contributed by atoms with E-state index in [0.717, 1.165) is 16.8 Å². The topological polar surface area (TPSA) is 81.7 Å². The summed E-state index contributed by atoms with van der Waals surface area (Å²) in [7, 11) is 0. The van der Waals surface area contributed by atoms with Crippen molar-refractivity contribution in [3.05, 3.63) is 96.6 Å². The van der Waals surface area contributed by atoms with Crippen LogP contribution in [-0.2, 0) is 6.54 Å². The van der Waals surface area contributed by atoms with E-state index in [9.17, 15) is 4.39 Å². The molecule has 0 aliphatic heterocycles. The first-order valence-electron chi connectivity index (χ1n) is 9.66. The Labute approximate surface area is 177 Å². The molecule has 2 aromatic heterocycles. The third-order valence-electron chi connectivity index (χ3n) is 4.70. The van der Waals surface area contributed by atoms with Gasteiger partial charge in [0.2, 0.25) is 11.8 Å². The van der Waals surface area contributed by atoms with E-state index >= 15 is 0 Å². The molecule has 8 heteroatoms. The van der Waals surface area contributed by atoms with E-state index in [-0.39, 0.29) is 5.82 Å². The van der Waals surface area contributed by atoms with E-state index in [1.165, 1.54) is 10.7 Å². The molecule has 0 amide bonds. The molecule has 7 nitrogen and oxygen atoms in total. The molecule has 2 heterocycles. The van der Waals surface area contributed by atoms with Gasteiger partial charge in [-0.05, 0) is 36.4 Å². The molecule has 1 N–H and O–H groups in total. The predicted molar refractivity (Wildman–Crippen MR) is 114 cm³/mol. The molecule has 0 radical (unpaired) electrons. The summed E-state index contributed by atoms with van der Waals surface area (Å²) in [4.78, 5) is 0. The van der Waals surface area contributed by atoms with Crippen LogP contribution < -0.4 is 5.32 Å². The number of hydrogen-bond donors (Lipinski definition) is 1. The molecule has 0 saturated heterocycles. The van der Waals surface area contributed by atoms with E-state index < -0.39 is 0 Å². The SMILES string of the molecule is Fc1ccccc1-n1cc(CNc2ccccc2-c2nnc(-c3ccccc3)o2)nn1. The minimum atomic E-state index is -0.358. The lowest BCUT2D eigenvalue weighted by Crippen LogP contribution is -2.01. The van der Waals surface area contributed by atoms with Gasteiger partial charge in [-0.25, -0.2) is 9.07 Å². The summed E-state index contributed by atoms with van der Waals surface area (Å²) in [6, 6.07) is 23.7.